The van der Waals surface area contributed by atoms with Gasteiger partial charge in [0.05, 0.1) is 6.54 Å². The van der Waals surface area contributed by atoms with E-state index in [0.717, 1.165) is 9.04 Å². The fraction of sp³-hybridized carbons (Fsp3) is 0.111. The second-order valence-electron chi connectivity index (χ2n) is 6.08. The zero-order valence-corrected chi connectivity index (χ0v) is 15.1. The molecule has 4 rings (SSSR count). The Hall–Kier alpha value is -3.00. The maximum Gasteiger partial charge on any atom is 0.266 e. The molecule has 0 saturated carbocycles. The number of nitrogens with zero attached hydrogens (tertiary/aromatic N) is 1. The van der Waals surface area contributed by atoms with Crippen molar-refractivity contribution in [2.75, 3.05) is 0 Å². The molecule has 2 heterocycles. The first-order chi connectivity index (χ1) is 12.4. The lowest BCUT2D eigenvalue weighted by Gasteiger charge is -2.01. The molecule has 0 amide bonds. The number of hydrogen-bond acceptors (Lipinski definition) is 4. The maximum absolute atomic E-state index is 12.7. The number of hydrogen-bond donors (Lipinski definition) is 2. The summed E-state index contributed by atoms with van der Waals surface area (Å²) < 4.78 is 1.73. The van der Waals surface area contributed by atoms with E-state index in [2.05, 4.69) is 25.9 Å². The van der Waals surface area contributed by atoms with Crippen molar-refractivity contribution in [1.29, 1.82) is 0 Å². The molecular weight excluding hydrogens is 402 g/mol. The van der Waals surface area contributed by atoms with Crippen molar-refractivity contribution in [3.63, 3.8) is 0 Å². The van der Waals surface area contributed by atoms with Crippen molar-refractivity contribution in [2.24, 2.45) is 0 Å². The predicted molar refractivity (Wildman–Crippen MR) is 102 cm³/mol. The maximum atomic E-state index is 12.7. The molecule has 0 spiro atoms. The summed E-state index contributed by atoms with van der Waals surface area (Å²) >= 11 is 3.33. The summed E-state index contributed by atoms with van der Waals surface area (Å²) in [7, 11) is 0. The fourth-order valence-corrected chi connectivity index (χ4v) is 3.55. The molecule has 2 N–H and O–H groups in total. The molecule has 0 aliphatic carbocycles. The number of aromatic nitrogens is 3. The van der Waals surface area contributed by atoms with Crippen LogP contribution >= 0.6 is 15.9 Å². The van der Waals surface area contributed by atoms with E-state index in [1.54, 1.807) is 25.1 Å². The highest BCUT2D eigenvalue weighted by atomic mass is 79.9. The third-order valence-electron chi connectivity index (χ3n) is 4.31. The van der Waals surface area contributed by atoms with E-state index in [1.165, 1.54) is 6.20 Å². The summed E-state index contributed by atoms with van der Waals surface area (Å²) in [4.78, 5) is 56.4. The summed E-state index contributed by atoms with van der Waals surface area (Å²) in [6.45, 7) is 1.69. The third kappa shape index (κ3) is 2.33. The van der Waals surface area contributed by atoms with Crippen LogP contribution in [-0.4, -0.2) is 14.5 Å². The van der Waals surface area contributed by atoms with Gasteiger partial charge in [0.15, 0.2) is 0 Å². The van der Waals surface area contributed by atoms with Gasteiger partial charge in [0, 0.05) is 16.4 Å². The molecule has 2 aromatic carbocycles. The van der Waals surface area contributed by atoms with Crippen LogP contribution in [-0.2, 0) is 6.54 Å². The Bertz CT molecular complexity index is 1420. The highest BCUT2D eigenvalue weighted by Crippen LogP contribution is 2.12. The number of aryl methyl sites for hydroxylation is 1. The molecule has 4 aromatic rings. The molecule has 8 heteroatoms. The fourth-order valence-electron chi connectivity index (χ4n) is 3.11. The molecule has 130 valence electrons. The first-order valence-corrected chi connectivity index (χ1v) is 8.56. The van der Waals surface area contributed by atoms with Crippen LogP contribution in [0.25, 0.3) is 21.8 Å². The molecule has 26 heavy (non-hydrogen) atoms. The standard InChI is InChI=1S/C18H12BrN3O4/c1-8-6-20-13-14(21-8)16(24)12-11(15(13)23)17(25)22(18(12)26)7-9-3-2-4-10(19)5-9/h2-6,20-21H,7H2,1H3. The SMILES string of the molecule is Cc1c[nH]c2c(=O)c3c(=O)n(Cc4cccc(Br)c4)c(=O)c3c(=O)c2[nH]1. The lowest BCUT2D eigenvalue weighted by molar-refractivity contribution is 0.754. The van der Waals surface area contributed by atoms with Gasteiger partial charge in [-0.1, -0.05) is 28.1 Å². The molecule has 0 fully saturated rings. The minimum Gasteiger partial charge on any atom is -0.355 e. The van der Waals surface area contributed by atoms with Crippen molar-refractivity contribution in [3.05, 3.63) is 87.3 Å². The van der Waals surface area contributed by atoms with E-state index in [9.17, 15) is 19.2 Å². The van der Waals surface area contributed by atoms with Gasteiger partial charge >= 0.3 is 0 Å². The third-order valence-corrected chi connectivity index (χ3v) is 4.80. The van der Waals surface area contributed by atoms with Crippen LogP contribution in [0, 0.1) is 6.92 Å². The molecule has 0 saturated heterocycles. The van der Waals surface area contributed by atoms with Gasteiger partial charge in [0.1, 0.15) is 21.8 Å². The Morgan fingerprint density at radius 1 is 1.00 bits per heavy atom. The summed E-state index contributed by atoms with van der Waals surface area (Å²) in [6.07, 6.45) is 1.52. The Morgan fingerprint density at radius 2 is 1.65 bits per heavy atom. The molecule has 0 aliphatic heterocycles. The van der Waals surface area contributed by atoms with Gasteiger partial charge in [-0.25, -0.2) is 0 Å². The minimum atomic E-state index is -0.747. The molecule has 0 atom stereocenters. The molecule has 0 bridgehead atoms. The highest BCUT2D eigenvalue weighted by Gasteiger charge is 2.22. The van der Waals surface area contributed by atoms with E-state index in [-0.39, 0.29) is 28.4 Å². The van der Waals surface area contributed by atoms with Crippen LogP contribution in [0.5, 0.6) is 0 Å². The lowest BCUT2D eigenvalue weighted by Crippen LogP contribution is -2.27. The van der Waals surface area contributed by atoms with Gasteiger partial charge in [-0.3, -0.25) is 23.7 Å². The summed E-state index contributed by atoms with van der Waals surface area (Å²) in [5, 5.41) is -0.728. The van der Waals surface area contributed by atoms with Crippen molar-refractivity contribution < 1.29 is 0 Å². The Kier molecular flexibility index (Phi) is 3.66. The summed E-state index contributed by atoms with van der Waals surface area (Å²) in [5.41, 5.74) is -1.48. The highest BCUT2D eigenvalue weighted by molar-refractivity contribution is 9.10. The van der Waals surface area contributed by atoms with Crippen LogP contribution in [0.2, 0.25) is 0 Å². The number of H-pyrrole nitrogens is 2. The monoisotopic (exact) mass is 413 g/mol. The molecule has 0 radical (unpaired) electrons. The van der Waals surface area contributed by atoms with Gasteiger partial charge in [-0.05, 0) is 24.6 Å². The number of fused-ring (bicyclic) bond motifs is 2. The summed E-state index contributed by atoms with van der Waals surface area (Å²) in [6, 6.07) is 7.11. The lowest BCUT2D eigenvalue weighted by atomic mass is 10.1. The molecule has 7 nitrogen and oxygen atoms in total. The van der Waals surface area contributed by atoms with Crippen molar-refractivity contribution in [1.82, 2.24) is 14.5 Å². The second-order valence-corrected chi connectivity index (χ2v) is 7.00. The first-order valence-electron chi connectivity index (χ1n) is 7.77. The van der Waals surface area contributed by atoms with E-state index in [4.69, 9.17) is 0 Å². The number of rotatable bonds is 2. The molecular formula is C18H12BrN3O4. The van der Waals surface area contributed by atoms with Crippen molar-refractivity contribution >= 4 is 37.7 Å². The van der Waals surface area contributed by atoms with E-state index in [1.807, 2.05) is 6.07 Å². The number of aromatic amines is 2. The second kappa shape index (κ2) is 5.77. The van der Waals surface area contributed by atoms with E-state index in [0.29, 0.717) is 11.3 Å². The Labute approximate surface area is 153 Å². The average Bonchev–Trinajstić information content (AvgIpc) is 2.85. The largest absolute Gasteiger partial charge is 0.355 e. The Morgan fingerprint density at radius 3 is 2.31 bits per heavy atom. The van der Waals surface area contributed by atoms with Crippen LogP contribution in [0.3, 0.4) is 0 Å². The van der Waals surface area contributed by atoms with Crippen LogP contribution < -0.4 is 22.0 Å². The zero-order chi connectivity index (χ0) is 18.6. The van der Waals surface area contributed by atoms with Gasteiger partial charge in [0.2, 0.25) is 10.9 Å². The molecule has 0 unspecified atom stereocenters. The van der Waals surface area contributed by atoms with Crippen LogP contribution in [0.15, 0.2) is 54.1 Å². The predicted octanol–water partition coefficient (Wildman–Crippen LogP) is 1.45. The topological polar surface area (TPSA) is 105 Å². The first kappa shape index (κ1) is 16.5. The van der Waals surface area contributed by atoms with Crippen molar-refractivity contribution in [2.45, 2.75) is 13.5 Å². The van der Waals surface area contributed by atoms with Gasteiger partial charge in [0.25, 0.3) is 11.1 Å². The number of halogens is 1. The molecule has 2 aromatic heterocycles. The van der Waals surface area contributed by atoms with Gasteiger partial charge < -0.3 is 9.97 Å². The van der Waals surface area contributed by atoms with Gasteiger partial charge in [-0.2, -0.15) is 0 Å². The number of nitrogens with one attached hydrogen (secondary N) is 2. The van der Waals surface area contributed by atoms with Crippen LogP contribution in [0.4, 0.5) is 0 Å². The van der Waals surface area contributed by atoms with E-state index >= 15 is 0 Å². The molecule has 0 aliphatic rings. The average molecular weight is 414 g/mol. The quantitative estimate of drug-likeness (QED) is 0.518. The van der Waals surface area contributed by atoms with Gasteiger partial charge in [-0.15, -0.1) is 0 Å². The Balaban J connectivity index is 2.10. The van der Waals surface area contributed by atoms with E-state index < -0.39 is 22.0 Å². The normalized spacial score (nSPS) is 11.5. The van der Waals surface area contributed by atoms with Crippen LogP contribution in [0.1, 0.15) is 11.3 Å². The smallest absolute Gasteiger partial charge is 0.266 e. The summed E-state index contributed by atoms with van der Waals surface area (Å²) in [5.74, 6) is 0. The van der Waals surface area contributed by atoms with Crippen molar-refractivity contribution in [3.8, 4) is 0 Å². The number of benzene rings is 2. The zero-order valence-electron chi connectivity index (χ0n) is 13.6. The minimum absolute atomic E-state index is 0.000736.